The minimum Gasteiger partial charge on any atom is -0.392 e. The minimum atomic E-state index is -0.403. The Labute approximate surface area is 247 Å². The molecule has 0 aliphatic carbocycles. The molecule has 7 N–H and O–H groups in total. The molecule has 1 amide bonds. The molecule has 1 rings (SSSR count). The standard InChI is InChI=1S/C27H37N5O2.C5H14N2/c1-7-9-20(11-19(5)30-6)23(17-33)16-31-27(34)24-12-22(21(14-28)10-8-2)13-26(25(24)15-29)32-18(3)4;1-3-7(2)5-4-6/h8,10-15,17-18,28-30,32H,2,7,9,16H2,1,3-6H3,(H,31,34);3-6H2,1-2H3/b19-11-,21-10+,23-20-,28-14?,29-15?;. The number of carbonyl (C=O) groups is 2. The molecule has 0 aromatic heterocycles. The summed E-state index contributed by atoms with van der Waals surface area (Å²) < 4.78 is 0. The summed E-state index contributed by atoms with van der Waals surface area (Å²) in [6.45, 7) is 16.6. The highest BCUT2D eigenvalue weighted by Gasteiger charge is 2.18. The number of benzene rings is 1. The molecule has 1 aromatic carbocycles. The lowest BCUT2D eigenvalue weighted by Crippen LogP contribution is -2.28. The largest absolute Gasteiger partial charge is 0.392 e. The van der Waals surface area contributed by atoms with E-state index < -0.39 is 5.91 Å². The van der Waals surface area contributed by atoms with Gasteiger partial charge in [0.25, 0.3) is 5.91 Å². The summed E-state index contributed by atoms with van der Waals surface area (Å²) in [4.78, 5) is 27.3. The smallest absolute Gasteiger partial charge is 0.252 e. The number of hydrogen-bond acceptors (Lipinski definition) is 8. The van der Waals surface area contributed by atoms with Gasteiger partial charge in [-0.15, -0.1) is 0 Å². The second-order valence-corrected chi connectivity index (χ2v) is 9.79. The first-order valence-corrected chi connectivity index (χ1v) is 14.1. The Hall–Kier alpha value is -3.82. The third kappa shape index (κ3) is 13.4. The van der Waals surface area contributed by atoms with E-state index in [9.17, 15) is 9.59 Å². The van der Waals surface area contributed by atoms with Crippen molar-refractivity contribution in [1.82, 2.24) is 15.5 Å². The predicted octanol–water partition coefficient (Wildman–Crippen LogP) is 4.77. The summed E-state index contributed by atoms with van der Waals surface area (Å²) in [6.07, 6.45) is 9.88. The Bertz CT molecular complexity index is 1120. The fourth-order valence-electron chi connectivity index (χ4n) is 3.76. The van der Waals surface area contributed by atoms with Crippen LogP contribution in [0.4, 0.5) is 5.69 Å². The van der Waals surface area contributed by atoms with Crippen molar-refractivity contribution in [3.63, 3.8) is 0 Å². The molecule has 0 radical (unpaired) electrons. The zero-order chi connectivity index (χ0) is 31.4. The zero-order valence-corrected chi connectivity index (χ0v) is 26.0. The molecule has 0 spiro atoms. The molecule has 0 aliphatic rings. The summed E-state index contributed by atoms with van der Waals surface area (Å²) in [7, 11) is 3.88. The molecule has 41 heavy (non-hydrogen) atoms. The van der Waals surface area contributed by atoms with Crippen LogP contribution >= 0.6 is 0 Å². The lowest BCUT2D eigenvalue weighted by molar-refractivity contribution is -0.105. The number of rotatable bonds is 17. The molecule has 0 saturated heterocycles. The predicted molar refractivity (Wildman–Crippen MR) is 175 cm³/mol. The number of nitrogens with one attached hydrogen (secondary N) is 5. The van der Waals surface area contributed by atoms with Crippen LogP contribution in [-0.4, -0.2) is 75.8 Å². The van der Waals surface area contributed by atoms with E-state index in [-0.39, 0.29) is 18.2 Å². The third-order valence-corrected chi connectivity index (χ3v) is 6.15. The summed E-state index contributed by atoms with van der Waals surface area (Å²) in [6, 6.07) is 3.54. The number of carbonyl (C=O) groups excluding carboxylic acids is 2. The van der Waals surface area contributed by atoms with Gasteiger partial charge in [-0.25, -0.2) is 0 Å². The van der Waals surface area contributed by atoms with E-state index in [0.29, 0.717) is 34.4 Å². The van der Waals surface area contributed by atoms with Crippen LogP contribution in [0.25, 0.3) is 5.57 Å². The van der Waals surface area contributed by atoms with Crippen molar-refractivity contribution < 1.29 is 9.59 Å². The molecule has 0 fully saturated rings. The molecule has 9 heteroatoms. The molecule has 0 atom stereocenters. The number of nitrogens with zero attached hydrogens (tertiary/aromatic N) is 1. The molecule has 0 unspecified atom stereocenters. The van der Waals surface area contributed by atoms with E-state index in [4.69, 9.17) is 16.6 Å². The van der Waals surface area contributed by atoms with Gasteiger partial charge in [0.2, 0.25) is 0 Å². The molecular formula is C32H51N7O2. The van der Waals surface area contributed by atoms with Crippen LogP contribution < -0.4 is 21.7 Å². The van der Waals surface area contributed by atoms with Crippen molar-refractivity contribution in [1.29, 1.82) is 10.8 Å². The molecule has 0 bridgehead atoms. The van der Waals surface area contributed by atoms with Gasteiger partial charge in [-0.2, -0.15) is 0 Å². The van der Waals surface area contributed by atoms with Crippen LogP contribution in [0.5, 0.6) is 0 Å². The maximum atomic E-state index is 13.3. The number of aldehydes is 1. The van der Waals surface area contributed by atoms with Crippen LogP contribution in [0.3, 0.4) is 0 Å². The quantitative estimate of drug-likeness (QED) is 0.0694. The summed E-state index contributed by atoms with van der Waals surface area (Å²) >= 11 is 0. The van der Waals surface area contributed by atoms with Crippen LogP contribution in [-0.2, 0) is 4.79 Å². The zero-order valence-electron chi connectivity index (χ0n) is 26.0. The number of hydrogen-bond donors (Lipinski definition) is 6. The lowest BCUT2D eigenvalue weighted by atomic mass is 9.96. The first-order valence-electron chi connectivity index (χ1n) is 14.1. The van der Waals surface area contributed by atoms with Gasteiger partial charge in [-0.3, -0.25) is 9.59 Å². The Morgan fingerprint density at radius 2 is 1.88 bits per heavy atom. The number of likely N-dealkylation sites (N-methyl/N-ethyl adjacent to an activating group) is 1. The van der Waals surface area contributed by atoms with Gasteiger partial charge < -0.3 is 37.4 Å². The van der Waals surface area contributed by atoms with E-state index in [0.717, 1.165) is 49.8 Å². The summed E-state index contributed by atoms with van der Waals surface area (Å²) in [5, 5.41) is 24.9. The van der Waals surface area contributed by atoms with Gasteiger partial charge >= 0.3 is 0 Å². The van der Waals surface area contributed by atoms with Gasteiger partial charge in [0.15, 0.2) is 0 Å². The Balaban J connectivity index is 0.00000201. The van der Waals surface area contributed by atoms with Crippen molar-refractivity contribution in [2.45, 2.75) is 53.5 Å². The third-order valence-electron chi connectivity index (χ3n) is 6.15. The Morgan fingerprint density at radius 3 is 2.32 bits per heavy atom. The van der Waals surface area contributed by atoms with Crippen molar-refractivity contribution in [2.24, 2.45) is 5.73 Å². The molecule has 226 valence electrons. The highest BCUT2D eigenvalue weighted by Crippen LogP contribution is 2.26. The average molecular weight is 566 g/mol. The van der Waals surface area contributed by atoms with Crippen LogP contribution in [0.15, 0.2) is 53.8 Å². The van der Waals surface area contributed by atoms with E-state index in [1.165, 1.54) is 6.21 Å². The molecular weight excluding hydrogens is 514 g/mol. The normalized spacial score (nSPS) is 12.1. The van der Waals surface area contributed by atoms with Gasteiger partial charge in [0.1, 0.15) is 6.29 Å². The number of anilines is 1. The maximum absolute atomic E-state index is 13.3. The van der Waals surface area contributed by atoms with Crippen molar-refractivity contribution in [2.75, 3.05) is 45.6 Å². The molecule has 0 heterocycles. The van der Waals surface area contributed by atoms with Crippen molar-refractivity contribution in [3.05, 3.63) is 70.5 Å². The minimum absolute atomic E-state index is 0.0691. The fourth-order valence-corrected chi connectivity index (χ4v) is 3.76. The van der Waals surface area contributed by atoms with Crippen molar-refractivity contribution in [3.8, 4) is 0 Å². The van der Waals surface area contributed by atoms with Gasteiger partial charge in [-0.05, 0) is 75.7 Å². The molecule has 0 aliphatic heterocycles. The van der Waals surface area contributed by atoms with Crippen LogP contribution in [0.2, 0.25) is 0 Å². The summed E-state index contributed by atoms with van der Waals surface area (Å²) in [5.41, 5.74) is 10.1. The van der Waals surface area contributed by atoms with E-state index in [1.807, 2.05) is 46.9 Å². The monoisotopic (exact) mass is 565 g/mol. The first-order chi connectivity index (χ1) is 19.6. The summed E-state index contributed by atoms with van der Waals surface area (Å²) in [5.74, 6) is -0.403. The SMILES string of the molecule is C=C/C=C(\C=N)c1cc(NC(C)C)c(C=N)c(C(=O)NC/C(C=O)=C(/C=C(/C)NC)CCC)c1.CCN(C)CCN. The second-order valence-electron chi connectivity index (χ2n) is 9.79. The number of amides is 1. The average Bonchev–Trinajstić information content (AvgIpc) is 2.95. The van der Waals surface area contributed by atoms with Gasteiger partial charge in [-0.1, -0.05) is 39.0 Å². The van der Waals surface area contributed by atoms with Gasteiger partial charge in [0, 0.05) is 67.7 Å². The fraction of sp³-hybridized carbons (Fsp3) is 0.438. The Kier molecular flexibility index (Phi) is 19.0. The molecule has 1 aromatic rings. The molecule has 0 saturated carbocycles. The Morgan fingerprint density at radius 1 is 1.20 bits per heavy atom. The van der Waals surface area contributed by atoms with E-state index in [1.54, 1.807) is 18.2 Å². The topological polar surface area (TPSA) is 147 Å². The highest BCUT2D eigenvalue weighted by atomic mass is 16.1. The van der Waals surface area contributed by atoms with Crippen LogP contribution in [0.1, 0.15) is 68.9 Å². The first kappa shape index (κ1) is 37.2. The number of nitrogens with two attached hydrogens (primary N) is 1. The molecule has 9 nitrogen and oxygen atoms in total. The maximum Gasteiger partial charge on any atom is 0.252 e. The van der Waals surface area contributed by atoms with Gasteiger partial charge in [0.05, 0.1) is 5.56 Å². The van der Waals surface area contributed by atoms with E-state index in [2.05, 4.69) is 41.4 Å². The lowest BCUT2D eigenvalue weighted by Gasteiger charge is -2.18. The van der Waals surface area contributed by atoms with Crippen LogP contribution in [0, 0.1) is 10.8 Å². The number of allylic oxidation sites excluding steroid dienone is 6. The van der Waals surface area contributed by atoms with E-state index >= 15 is 0 Å². The van der Waals surface area contributed by atoms with Crippen molar-refractivity contribution >= 4 is 35.9 Å². The second kappa shape index (κ2) is 21.0. The highest BCUT2D eigenvalue weighted by molar-refractivity contribution is 6.12.